The van der Waals surface area contributed by atoms with E-state index in [9.17, 15) is 14.4 Å². The summed E-state index contributed by atoms with van der Waals surface area (Å²) in [6, 6.07) is 14.2. The molecule has 0 aromatic heterocycles. The van der Waals surface area contributed by atoms with Gasteiger partial charge in [-0.05, 0) is 76.0 Å². The lowest BCUT2D eigenvalue weighted by atomic mass is 10.0. The highest BCUT2D eigenvalue weighted by atomic mass is 32.2. The highest BCUT2D eigenvalue weighted by Gasteiger charge is 2.35. The molecule has 198 valence electrons. The predicted octanol–water partition coefficient (Wildman–Crippen LogP) is 4.75. The summed E-state index contributed by atoms with van der Waals surface area (Å²) in [5.41, 5.74) is 1.29. The van der Waals surface area contributed by atoms with Gasteiger partial charge in [-0.15, -0.1) is 0 Å². The summed E-state index contributed by atoms with van der Waals surface area (Å²) in [6.07, 6.45) is 7.28. The van der Waals surface area contributed by atoms with Crippen LogP contribution in [0, 0.1) is 19.4 Å². The van der Waals surface area contributed by atoms with Crippen molar-refractivity contribution < 1.29 is 23.9 Å². The number of amides is 3. The molecule has 9 heteroatoms. The zero-order chi connectivity index (χ0) is 27.6. The summed E-state index contributed by atoms with van der Waals surface area (Å²) >= 11 is 1.52. The lowest BCUT2D eigenvalue weighted by molar-refractivity contribution is -0.136. The number of terminal acetylenes is 1. The molecule has 2 aromatic rings. The molecule has 3 amide bonds. The summed E-state index contributed by atoms with van der Waals surface area (Å²) in [5, 5.41) is 5.46. The quantitative estimate of drug-likeness (QED) is 0.343. The Morgan fingerprint density at radius 2 is 1.70 bits per heavy atom. The summed E-state index contributed by atoms with van der Waals surface area (Å²) in [4.78, 5) is 40.8. The van der Waals surface area contributed by atoms with Gasteiger partial charge in [-0.1, -0.05) is 36.3 Å². The van der Waals surface area contributed by atoms with E-state index in [0.29, 0.717) is 29.2 Å². The number of aryl methyl sites for hydroxylation is 1. The smallest absolute Gasteiger partial charge is 0.408 e. The molecule has 0 radical (unpaired) electrons. The summed E-state index contributed by atoms with van der Waals surface area (Å²) in [7, 11) is 1.55. The number of alkyl carbamates (subject to hydrolysis) is 1. The van der Waals surface area contributed by atoms with Crippen molar-refractivity contribution in [2.75, 3.05) is 24.4 Å². The van der Waals surface area contributed by atoms with Crippen LogP contribution in [0.2, 0.25) is 0 Å². The van der Waals surface area contributed by atoms with Crippen LogP contribution in [0.5, 0.6) is 5.75 Å². The Morgan fingerprint density at radius 1 is 1.08 bits per heavy atom. The van der Waals surface area contributed by atoms with Crippen molar-refractivity contribution in [2.45, 2.75) is 51.8 Å². The molecular weight excluding hydrogens is 490 g/mol. The number of rotatable bonds is 10. The van der Waals surface area contributed by atoms with E-state index in [1.54, 1.807) is 64.3 Å². The van der Waals surface area contributed by atoms with Gasteiger partial charge in [0.15, 0.2) is 0 Å². The van der Waals surface area contributed by atoms with Gasteiger partial charge in [0.2, 0.25) is 0 Å². The summed E-state index contributed by atoms with van der Waals surface area (Å²) in [6.45, 7) is 7.12. The number of hydrogen-bond donors (Lipinski definition) is 2. The molecule has 0 spiro atoms. The Hall–Kier alpha value is -3.64. The molecule has 0 aliphatic heterocycles. The number of benzene rings is 2. The molecule has 2 N–H and O–H groups in total. The number of anilines is 1. The Balaban J connectivity index is 2.41. The first-order valence-electron chi connectivity index (χ1n) is 11.8. The number of thioether (sulfide) groups is 1. The average Bonchev–Trinajstić information content (AvgIpc) is 2.84. The Labute approximate surface area is 223 Å². The van der Waals surface area contributed by atoms with Crippen LogP contribution in [0.4, 0.5) is 10.5 Å². The minimum Gasteiger partial charge on any atom is -0.497 e. The molecule has 0 fully saturated rings. The Morgan fingerprint density at radius 3 is 2.22 bits per heavy atom. The molecule has 0 bridgehead atoms. The van der Waals surface area contributed by atoms with E-state index in [2.05, 4.69) is 16.7 Å². The molecule has 8 nitrogen and oxygen atoms in total. The molecule has 2 rings (SSSR count). The molecule has 37 heavy (non-hydrogen) atoms. The average molecular weight is 526 g/mol. The number of methoxy groups -OCH3 is 1. The second kappa shape index (κ2) is 13.6. The molecule has 2 unspecified atom stereocenters. The SMILES string of the molecule is C#CN(C(=O)C(CCSC)NC(=O)OC(C)(C)C)C(C(=O)Nc1ccc(OC)cc1)c1ccc(C)cc1. The predicted molar refractivity (Wildman–Crippen MR) is 147 cm³/mol. The zero-order valence-corrected chi connectivity index (χ0v) is 23.0. The van der Waals surface area contributed by atoms with Gasteiger partial charge in [0.25, 0.3) is 11.8 Å². The van der Waals surface area contributed by atoms with Crippen molar-refractivity contribution in [3.05, 3.63) is 59.7 Å². The fourth-order valence-corrected chi connectivity index (χ4v) is 3.90. The molecule has 0 aliphatic rings. The minimum absolute atomic E-state index is 0.304. The van der Waals surface area contributed by atoms with Gasteiger partial charge in [0.1, 0.15) is 23.4 Å². The third kappa shape index (κ3) is 9.07. The number of nitrogens with one attached hydrogen (secondary N) is 2. The Kier molecular flexibility index (Phi) is 10.9. The summed E-state index contributed by atoms with van der Waals surface area (Å²) < 4.78 is 10.5. The fraction of sp³-hybridized carbons (Fsp3) is 0.393. The van der Waals surface area contributed by atoms with Gasteiger partial charge in [-0.25, -0.2) is 4.79 Å². The van der Waals surface area contributed by atoms with Gasteiger partial charge < -0.3 is 20.1 Å². The molecule has 0 saturated heterocycles. The van der Waals surface area contributed by atoms with Crippen LogP contribution >= 0.6 is 11.8 Å². The van der Waals surface area contributed by atoms with E-state index in [4.69, 9.17) is 15.9 Å². The minimum atomic E-state index is -1.14. The molecule has 2 atom stereocenters. The standard InChI is InChI=1S/C28H35N3O5S/c1-8-31(26(33)23(17-18-37-7)30-27(34)36-28(3,4)5)24(20-11-9-19(2)10-12-20)25(32)29-21-13-15-22(35-6)16-14-21/h1,9-16,23-24H,17-18H2,2-7H3,(H,29,32)(H,30,34). The van der Waals surface area contributed by atoms with Crippen LogP contribution < -0.4 is 15.4 Å². The maximum Gasteiger partial charge on any atom is 0.408 e. The second-order valence-electron chi connectivity index (χ2n) is 9.35. The van der Waals surface area contributed by atoms with Gasteiger partial charge >= 0.3 is 6.09 Å². The number of hydrogen-bond acceptors (Lipinski definition) is 6. The molecule has 0 heterocycles. The van der Waals surface area contributed by atoms with Crippen LogP contribution in [0.15, 0.2) is 48.5 Å². The van der Waals surface area contributed by atoms with E-state index in [-0.39, 0.29) is 0 Å². The number of carbonyl (C=O) groups is 3. The van der Waals surface area contributed by atoms with Crippen molar-refractivity contribution in [1.29, 1.82) is 0 Å². The largest absolute Gasteiger partial charge is 0.497 e. The topological polar surface area (TPSA) is 97.0 Å². The first-order valence-corrected chi connectivity index (χ1v) is 13.2. The maximum atomic E-state index is 13.7. The molecule has 2 aromatic carbocycles. The number of carbonyl (C=O) groups excluding carboxylic acids is 3. The van der Waals surface area contributed by atoms with Crippen LogP contribution in [-0.2, 0) is 14.3 Å². The van der Waals surface area contributed by atoms with Gasteiger partial charge in [0, 0.05) is 11.7 Å². The van der Waals surface area contributed by atoms with Crippen LogP contribution in [0.25, 0.3) is 0 Å². The van der Waals surface area contributed by atoms with Gasteiger partial charge in [0.05, 0.1) is 7.11 Å². The van der Waals surface area contributed by atoms with Crippen molar-refractivity contribution in [3.8, 4) is 18.2 Å². The fourth-order valence-electron chi connectivity index (χ4n) is 3.43. The van der Waals surface area contributed by atoms with E-state index in [0.717, 1.165) is 10.5 Å². The van der Waals surface area contributed by atoms with Crippen LogP contribution in [0.1, 0.15) is 44.4 Å². The number of nitrogens with zero attached hydrogens (tertiary/aromatic N) is 1. The molecular formula is C28H35N3O5S. The highest BCUT2D eigenvalue weighted by molar-refractivity contribution is 7.98. The lowest BCUT2D eigenvalue weighted by Crippen LogP contribution is -2.51. The van der Waals surface area contributed by atoms with Crippen molar-refractivity contribution in [1.82, 2.24) is 10.2 Å². The number of ether oxygens (including phenoxy) is 2. The van der Waals surface area contributed by atoms with E-state index >= 15 is 0 Å². The van der Waals surface area contributed by atoms with Crippen LogP contribution in [-0.4, -0.2) is 53.6 Å². The van der Waals surface area contributed by atoms with Crippen LogP contribution in [0.3, 0.4) is 0 Å². The second-order valence-corrected chi connectivity index (χ2v) is 10.3. The van der Waals surface area contributed by atoms with Crippen molar-refractivity contribution in [3.63, 3.8) is 0 Å². The first kappa shape index (κ1) is 29.6. The zero-order valence-electron chi connectivity index (χ0n) is 22.2. The van der Waals surface area contributed by atoms with Gasteiger partial charge in [-0.2, -0.15) is 11.8 Å². The van der Waals surface area contributed by atoms with Crippen molar-refractivity contribution in [2.24, 2.45) is 0 Å². The monoisotopic (exact) mass is 525 g/mol. The third-order valence-electron chi connectivity index (χ3n) is 5.23. The summed E-state index contributed by atoms with van der Waals surface area (Å²) in [5.74, 6) is 0.134. The molecule has 0 saturated carbocycles. The Bertz CT molecular complexity index is 1100. The van der Waals surface area contributed by atoms with E-state index in [1.807, 2.05) is 25.3 Å². The normalized spacial score (nSPS) is 12.5. The third-order valence-corrected chi connectivity index (χ3v) is 5.88. The lowest BCUT2D eigenvalue weighted by Gasteiger charge is -2.30. The van der Waals surface area contributed by atoms with Crippen molar-refractivity contribution >= 4 is 35.4 Å². The molecule has 0 aliphatic carbocycles. The highest BCUT2D eigenvalue weighted by Crippen LogP contribution is 2.25. The van der Waals surface area contributed by atoms with E-state index < -0.39 is 35.6 Å². The van der Waals surface area contributed by atoms with E-state index in [1.165, 1.54) is 11.8 Å². The van der Waals surface area contributed by atoms with Gasteiger partial charge in [-0.3, -0.25) is 14.5 Å². The maximum absolute atomic E-state index is 13.7. The first-order chi connectivity index (χ1) is 17.5.